The highest BCUT2D eigenvalue weighted by molar-refractivity contribution is 7.44. The lowest BCUT2D eigenvalue weighted by molar-refractivity contribution is 0.491. The summed E-state index contributed by atoms with van der Waals surface area (Å²) in [6, 6.07) is 0. The van der Waals surface area contributed by atoms with Crippen molar-refractivity contribution in [1.82, 2.24) is 0 Å². The van der Waals surface area contributed by atoms with Crippen molar-refractivity contribution in [3.8, 4) is 24.7 Å². The molecule has 0 saturated heterocycles. The minimum absolute atomic E-state index is 0.119. The van der Waals surface area contributed by atoms with Crippen LogP contribution in [0.3, 0.4) is 0 Å². The Morgan fingerprint density at radius 1 is 1.31 bits per heavy atom. The van der Waals surface area contributed by atoms with Crippen LogP contribution < -0.4 is 0 Å². The number of allylic oxidation sites excluding steroid dienone is 2. The molecule has 0 aromatic carbocycles. The van der Waals surface area contributed by atoms with E-state index in [1.807, 2.05) is 0 Å². The van der Waals surface area contributed by atoms with Gasteiger partial charge >= 0.3 is 0 Å². The van der Waals surface area contributed by atoms with Gasteiger partial charge in [0.25, 0.3) is 0 Å². The van der Waals surface area contributed by atoms with Gasteiger partial charge in [-0.05, 0) is 44.7 Å². The Morgan fingerprint density at radius 3 is 2.06 bits per heavy atom. The van der Waals surface area contributed by atoms with Gasteiger partial charge < -0.3 is 0 Å². The van der Waals surface area contributed by atoms with Gasteiger partial charge in [-0.25, -0.2) is 0 Å². The van der Waals surface area contributed by atoms with E-state index in [1.165, 1.54) is 24.6 Å². The van der Waals surface area contributed by atoms with E-state index in [4.69, 9.17) is 12.8 Å². The van der Waals surface area contributed by atoms with Gasteiger partial charge in [-0.3, -0.25) is 0 Å². The molecular weight excluding hydrogens is 230 g/mol. The van der Waals surface area contributed by atoms with Gasteiger partial charge in [0, 0.05) is 0 Å². The molecule has 2 heteroatoms. The normalized spacial score (nSPS) is 26.1. The van der Waals surface area contributed by atoms with Crippen LogP contribution in [-0.2, 0) is 0 Å². The van der Waals surface area contributed by atoms with Gasteiger partial charge in [-0.1, -0.05) is 25.6 Å². The average Bonchev–Trinajstić information content (AvgIpc) is 2.47. The summed E-state index contributed by atoms with van der Waals surface area (Å²) in [5.74, 6) is 5.72. The summed E-state index contributed by atoms with van der Waals surface area (Å²) >= 11 is 0. The second-order valence-electron chi connectivity index (χ2n) is 4.42. The summed E-state index contributed by atoms with van der Waals surface area (Å²) < 4.78 is 0. The Kier molecular flexibility index (Phi) is 3.70. The molecule has 0 aromatic heterocycles. The van der Waals surface area contributed by atoms with Gasteiger partial charge in [-0.2, -0.15) is 0 Å². The zero-order valence-corrected chi connectivity index (χ0v) is 12.4. The van der Waals surface area contributed by atoms with Crippen LogP contribution in [0.4, 0.5) is 0 Å². The van der Waals surface area contributed by atoms with Gasteiger partial charge in [0.15, 0.2) is 0 Å². The van der Waals surface area contributed by atoms with E-state index in [1.54, 1.807) is 0 Å². The summed E-state index contributed by atoms with van der Waals surface area (Å²) in [6.07, 6.45) is 12.1. The quantitative estimate of drug-likeness (QED) is 0.519. The first-order valence-corrected chi connectivity index (χ1v) is 7.00. The number of terminal acetylenes is 2. The summed E-state index contributed by atoms with van der Waals surface area (Å²) in [7, 11) is 3.96. The van der Waals surface area contributed by atoms with Crippen LogP contribution in [0.5, 0.6) is 0 Å². The average molecular weight is 248 g/mol. The van der Waals surface area contributed by atoms with E-state index in [2.05, 4.69) is 48.8 Å². The van der Waals surface area contributed by atoms with E-state index < -0.39 is 5.41 Å². The highest BCUT2D eigenvalue weighted by atomic mass is 31.1. The Balaban J connectivity index is 3.47. The fourth-order valence-corrected chi connectivity index (χ4v) is 4.76. The summed E-state index contributed by atoms with van der Waals surface area (Å²) in [4.78, 5) is 0. The molecule has 16 heavy (non-hydrogen) atoms. The van der Waals surface area contributed by atoms with E-state index in [-0.39, 0.29) is 5.16 Å². The van der Waals surface area contributed by atoms with Crippen LogP contribution in [-0.4, -0.2) is 16.6 Å². The maximum absolute atomic E-state index is 5.70. The summed E-state index contributed by atoms with van der Waals surface area (Å²) in [6.45, 7) is 8.66. The van der Waals surface area contributed by atoms with Crippen LogP contribution in [0.15, 0.2) is 11.1 Å². The lowest BCUT2D eigenvalue weighted by atomic mass is 9.73. The van der Waals surface area contributed by atoms with Gasteiger partial charge in [-0.15, -0.1) is 22.1 Å². The molecule has 0 N–H and O–H groups in total. The van der Waals surface area contributed by atoms with Crippen LogP contribution in [0.1, 0.15) is 27.7 Å². The van der Waals surface area contributed by atoms with Crippen molar-refractivity contribution < 1.29 is 0 Å². The highest BCUT2D eigenvalue weighted by Gasteiger charge is 2.48. The van der Waals surface area contributed by atoms with E-state index in [9.17, 15) is 0 Å². The first kappa shape index (κ1) is 13.5. The molecule has 2 unspecified atom stereocenters. The summed E-state index contributed by atoms with van der Waals surface area (Å²) in [5, 5.41) is 1.26. The fraction of sp³-hybridized carbons (Fsp3) is 0.500. The predicted molar refractivity (Wildman–Crippen MR) is 79.1 cm³/mol. The predicted octanol–water partition coefficient (Wildman–Crippen LogP) is 3.36. The van der Waals surface area contributed by atoms with Crippen LogP contribution in [0, 0.1) is 30.1 Å². The first-order valence-electron chi connectivity index (χ1n) is 5.29. The van der Waals surface area contributed by atoms with Crippen molar-refractivity contribution in [2.45, 2.75) is 32.9 Å². The molecule has 0 spiro atoms. The molecular formula is C14H18P2. The standard InChI is InChI=1S/C14H18P2/c1-7-14(8-2,9-15)13(6)11(4)10(3)12(5)16-13/h1-2H,9,15H2,3-6H3. The van der Waals surface area contributed by atoms with Crippen molar-refractivity contribution in [2.75, 3.05) is 6.16 Å². The highest BCUT2D eigenvalue weighted by Crippen LogP contribution is 2.53. The first-order chi connectivity index (χ1) is 7.38. The van der Waals surface area contributed by atoms with Gasteiger partial charge in [0.2, 0.25) is 0 Å². The third kappa shape index (κ3) is 1.57. The van der Waals surface area contributed by atoms with E-state index >= 15 is 0 Å². The minimum Gasteiger partial charge on any atom is -0.135 e. The lowest BCUT2D eigenvalue weighted by Gasteiger charge is -2.38. The molecule has 0 amide bonds. The fourth-order valence-electron chi connectivity index (χ4n) is 2.19. The Morgan fingerprint density at radius 2 is 1.81 bits per heavy atom. The van der Waals surface area contributed by atoms with Crippen LogP contribution in [0.2, 0.25) is 0 Å². The number of hydrogen-bond donors (Lipinski definition) is 0. The van der Waals surface area contributed by atoms with Crippen molar-refractivity contribution in [1.29, 1.82) is 0 Å². The Labute approximate surface area is 103 Å². The molecule has 1 aliphatic heterocycles. The molecule has 0 bridgehead atoms. The van der Waals surface area contributed by atoms with Crippen LogP contribution in [0.25, 0.3) is 0 Å². The molecule has 1 heterocycles. The largest absolute Gasteiger partial charge is 0.135 e. The molecule has 2 atom stereocenters. The molecule has 0 aliphatic carbocycles. The third-order valence-electron chi connectivity index (χ3n) is 3.86. The van der Waals surface area contributed by atoms with Crippen molar-refractivity contribution >= 4 is 22.7 Å². The second kappa shape index (κ2) is 4.38. The van der Waals surface area contributed by atoms with E-state index in [0.717, 1.165) is 6.16 Å². The molecule has 1 rings (SSSR count). The van der Waals surface area contributed by atoms with Gasteiger partial charge in [0.1, 0.15) is 5.41 Å². The van der Waals surface area contributed by atoms with Gasteiger partial charge in [0.05, 0.1) is 5.16 Å². The summed E-state index contributed by atoms with van der Waals surface area (Å²) in [5.41, 5.74) is 2.20. The molecule has 0 saturated carbocycles. The number of hydrogen-bond acceptors (Lipinski definition) is 0. The van der Waals surface area contributed by atoms with Crippen molar-refractivity contribution in [3.63, 3.8) is 0 Å². The molecule has 84 valence electrons. The Bertz CT molecular complexity index is 440. The van der Waals surface area contributed by atoms with Crippen molar-refractivity contribution in [2.24, 2.45) is 5.41 Å². The molecule has 0 aromatic rings. The monoisotopic (exact) mass is 248 g/mol. The maximum Gasteiger partial charge on any atom is 0.111 e. The van der Waals surface area contributed by atoms with Crippen molar-refractivity contribution in [3.05, 3.63) is 11.1 Å². The zero-order valence-electron chi connectivity index (χ0n) is 10.4. The molecule has 0 fully saturated rings. The topological polar surface area (TPSA) is 0 Å². The molecule has 1 aliphatic rings. The zero-order chi connectivity index (χ0) is 12.6. The second-order valence-corrected chi connectivity index (χ2v) is 6.61. The Hall–Kier alpha value is -0.540. The SMILES string of the molecule is C#CC(C#C)(CP)C1(C)P=C(C)C(C)=C1C. The van der Waals surface area contributed by atoms with E-state index in [0.29, 0.717) is 0 Å². The third-order valence-corrected chi connectivity index (χ3v) is 6.30. The lowest BCUT2D eigenvalue weighted by Crippen LogP contribution is -2.41. The molecule has 0 nitrogen and oxygen atoms in total. The maximum atomic E-state index is 5.70. The van der Waals surface area contributed by atoms with Crippen LogP contribution >= 0.6 is 17.4 Å². The minimum atomic E-state index is -0.498. The smallest absolute Gasteiger partial charge is 0.111 e. The number of rotatable bonds is 2. The molecule has 0 radical (unpaired) electrons.